The van der Waals surface area contributed by atoms with Gasteiger partial charge in [-0.1, -0.05) is 140 Å². The molecule has 0 radical (unpaired) electrons. The Morgan fingerprint density at radius 1 is 0.641 bits per heavy atom. The summed E-state index contributed by atoms with van der Waals surface area (Å²) in [5.41, 5.74) is 3.59. The number of nitrogens with zero attached hydrogens (tertiary/aromatic N) is 2. The summed E-state index contributed by atoms with van der Waals surface area (Å²) in [4.78, 5) is 9.92. The van der Waals surface area contributed by atoms with Gasteiger partial charge in [0, 0.05) is 30.2 Å². The summed E-state index contributed by atoms with van der Waals surface area (Å²) in [5, 5.41) is 4.68. The zero-order valence-corrected chi connectivity index (χ0v) is 26.1. The zero-order valence-electron chi connectivity index (χ0n) is 24.3. The SMILES string of the molecule is CC(C)(C)P(Cc1cccc(CC=NCc2ccccc2P(c2ccccc2)c2ccccc2)n1)C(C)(C)C. The monoisotopic (exact) mass is 552 g/mol. The van der Waals surface area contributed by atoms with Crippen LogP contribution in [0.3, 0.4) is 0 Å². The average molecular weight is 553 g/mol. The first-order valence-corrected chi connectivity index (χ1v) is 16.7. The molecule has 1 aromatic heterocycles. The third-order valence-corrected chi connectivity index (χ3v) is 13.2. The van der Waals surface area contributed by atoms with Crippen LogP contribution in [0.2, 0.25) is 0 Å². The van der Waals surface area contributed by atoms with E-state index in [0.29, 0.717) is 16.9 Å². The Bertz CT molecular complexity index is 1300. The van der Waals surface area contributed by atoms with Crippen molar-refractivity contribution in [1.29, 1.82) is 0 Å². The molecule has 4 heteroatoms. The summed E-state index contributed by atoms with van der Waals surface area (Å²) >= 11 is 0. The quantitative estimate of drug-likeness (QED) is 0.152. The highest BCUT2D eigenvalue weighted by atomic mass is 31.1. The molecule has 202 valence electrons. The Morgan fingerprint density at radius 3 is 1.77 bits per heavy atom. The van der Waals surface area contributed by atoms with Crippen molar-refractivity contribution in [3.05, 3.63) is 120 Å². The van der Waals surface area contributed by atoms with E-state index in [2.05, 4.69) is 145 Å². The highest BCUT2D eigenvalue weighted by Crippen LogP contribution is 2.61. The Hall–Kier alpha value is -2.66. The number of pyridine rings is 1. The Labute approximate surface area is 238 Å². The van der Waals surface area contributed by atoms with E-state index in [1.54, 1.807) is 0 Å². The lowest BCUT2D eigenvalue weighted by atomic mass is 10.2. The maximum Gasteiger partial charge on any atom is 0.0642 e. The Morgan fingerprint density at radius 2 is 1.18 bits per heavy atom. The molecule has 1 heterocycles. The largest absolute Gasteiger partial charge is 0.292 e. The highest BCUT2D eigenvalue weighted by molar-refractivity contribution is 7.79. The smallest absolute Gasteiger partial charge is 0.0642 e. The van der Waals surface area contributed by atoms with Gasteiger partial charge in [0.05, 0.1) is 6.54 Å². The predicted octanol–water partition coefficient (Wildman–Crippen LogP) is 8.23. The van der Waals surface area contributed by atoms with Crippen LogP contribution < -0.4 is 15.9 Å². The second-order valence-corrected chi connectivity index (χ2v) is 18.0. The lowest BCUT2D eigenvalue weighted by molar-refractivity contribution is 0.701. The van der Waals surface area contributed by atoms with Gasteiger partial charge in [0.15, 0.2) is 0 Å². The first kappa shape index (κ1) is 29.3. The van der Waals surface area contributed by atoms with Crippen LogP contribution >= 0.6 is 15.8 Å². The van der Waals surface area contributed by atoms with Crippen LogP contribution in [-0.2, 0) is 19.1 Å². The fourth-order valence-electron chi connectivity index (χ4n) is 5.14. The maximum atomic E-state index is 5.04. The molecule has 39 heavy (non-hydrogen) atoms. The van der Waals surface area contributed by atoms with Gasteiger partial charge in [0.25, 0.3) is 0 Å². The molecule has 3 aromatic carbocycles. The number of hydrogen-bond acceptors (Lipinski definition) is 2. The molecule has 0 N–H and O–H groups in total. The van der Waals surface area contributed by atoms with Gasteiger partial charge in [-0.25, -0.2) is 0 Å². The molecule has 0 aliphatic carbocycles. The number of aromatic nitrogens is 1. The van der Waals surface area contributed by atoms with Gasteiger partial charge < -0.3 is 0 Å². The lowest BCUT2D eigenvalue weighted by Crippen LogP contribution is -2.26. The summed E-state index contributed by atoms with van der Waals surface area (Å²) in [6, 6.07) is 37.0. The van der Waals surface area contributed by atoms with E-state index in [1.807, 2.05) is 6.21 Å². The van der Waals surface area contributed by atoms with Crippen molar-refractivity contribution in [3.63, 3.8) is 0 Å². The van der Waals surface area contributed by atoms with Gasteiger partial charge in [-0.05, 0) is 51.8 Å². The molecule has 0 aliphatic rings. The lowest BCUT2D eigenvalue weighted by Gasteiger charge is -2.41. The van der Waals surface area contributed by atoms with E-state index in [1.165, 1.54) is 27.2 Å². The molecule has 0 bridgehead atoms. The Kier molecular flexibility index (Phi) is 9.87. The van der Waals surface area contributed by atoms with E-state index in [-0.39, 0.29) is 7.92 Å². The van der Waals surface area contributed by atoms with Gasteiger partial charge in [-0.2, -0.15) is 0 Å². The molecule has 0 spiro atoms. The number of benzene rings is 3. The minimum absolute atomic E-state index is 0.221. The fourth-order valence-corrected chi connectivity index (χ4v) is 11.1. The van der Waals surface area contributed by atoms with Gasteiger partial charge in [-0.3, -0.25) is 9.98 Å². The minimum Gasteiger partial charge on any atom is -0.292 e. The third-order valence-electron chi connectivity index (χ3n) is 6.76. The van der Waals surface area contributed by atoms with Crippen LogP contribution in [0.1, 0.15) is 58.5 Å². The maximum absolute atomic E-state index is 5.04. The van der Waals surface area contributed by atoms with E-state index >= 15 is 0 Å². The topological polar surface area (TPSA) is 25.2 Å². The zero-order chi connectivity index (χ0) is 27.9. The van der Waals surface area contributed by atoms with Crippen molar-refractivity contribution >= 4 is 38.0 Å². The molecule has 0 saturated heterocycles. The molecule has 2 nitrogen and oxygen atoms in total. The normalized spacial score (nSPS) is 12.5. The van der Waals surface area contributed by atoms with Crippen molar-refractivity contribution in [2.75, 3.05) is 0 Å². The van der Waals surface area contributed by atoms with Crippen molar-refractivity contribution < 1.29 is 0 Å². The van der Waals surface area contributed by atoms with Crippen LogP contribution in [-0.4, -0.2) is 21.5 Å². The number of hydrogen-bond donors (Lipinski definition) is 0. The second-order valence-electron chi connectivity index (χ2n) is 11.9. The first-order chi connectivity index (χ1) is 18.6. The van der Waals surface area contributed by atoms with Gasteiger partial charge in [0.1, 0.15) is 0 Å². The van der Waals surface area contributed by atoms with Crippen LogP contribution in [0.15, 0.2) is 108 Å². The molecule has 0 atom stereocenters. The fraction of sp³-hybridized carbons (Fsp3) is 0.314. The summed E-state index contributed by atoms with van der Waals surface area (Å²) in [7, 11) is -0.869. The molecular weight excluding hydrogens is 510 g/mol. The van der Waals surface area contributed by atoms with E-state index in [0.717, 1.165) is 18.3 Å². The third kappa shape index (κ3) is 8.17. The van der Waals surface area contributed by atoms with Crippen molar-refractivity contribution in [1.82, 2.24) is 4.98 Å². The van der Waals surface area contributed by atoms with E-state index < -0.39 is 7.92 Å². The summed E-state index contributed by atoms with van der Waals surface area (Å²) in [5.74, 6) is 0. The summed E-state index contributed by atoms with van der Waals surface area (Å²) < 4.78 is 0. The minimum atomic E-state index is -0.648. The Balaban J connectivity index is 1.50. The van der Waals surface area contributed by atoms with Crippen LogP contribution in [0.4, 0.5) is 0 Å². The van der Waals surface area contributed by atoms with Crippen LogP contribution in [0.5, 0.6) is 0 Å². The standard InChI is InChI=1S/C35H42N2P2/c1-34(2,3)38(35(4,5)6)27-30-18-15-17-29(37-30)24-25-36-26-28-16-13-14-23-33(28)39(31-19-9-7-10-20-31)32-21-11-8-12-22-32/h7-23,25H,24,26-27H2,1-6H3. The molecule has 0 unspecified atom stereocenters. The molecular formula is C35H42N2P2. The van der Waals surface area contributed by atoms with E-state index in [4.69, 9.17) is 9.98 Å². The molecule has 0 amide bonds. The number of aliphatic imine (C=N–C) groups is 1. The highest BCUT2D eigenvalue weighted by Gasteiger charge is 2.34. The van der Waals surface area contributed by atoms with Gasteiger partial charge >= 0.3 is 0 Å². The van der Waals surface area contributed by atoms with Crippen LogP contribution in [0.25, 0.3) is 0 Å². The molecule has 0 aliphatic heterocycles. The molecule has 4 rings (SSSR count). The number of rotatable bonds is 9. The predicted molar refractivity (Wildman–Crippen MR) is 175 cm³/mol. The molecule has 4 aromatic rings. The molecule has 0 fully saturated rings. The van der Waals surface area contributed by atoms with Crippen molar-refractivity contribution in [2.24, 2.45) is 4.99 Å². The van der Waals surface area contributed by atoms with Gasteiger partial charge in [0.2, 0.25) is 0 Å². The van der Waals surface area contributed by atoms with Crippen molar-refractivity contribution in [3.8, 4) is 0 Å². The van der Waals surface area contributed by atoms with E-state index in [9.17, 15) is 0 Å². The second kappa shape index (κ2) is 13.1. The summed E-state index contributed by atoms with van der Waals surface area (Å²) in [6.45, 7) is 14.9. The molecule has 0 saturated carbocycles. The first-order valence-electron chi connectivity index (χ1n) is 13.8. The van der Waals surface area contributed by atoms with Gasteiger partial charge in [-0.15, -0.1) is 0 Å². The van der Waals surface area contributed by atoms with Crippen molar-refractivity contribution in [2.45, 2.75) is 71.0 Å². The summed E-state index contributed by atoms with van der Waals surface area (Å²) in [6.07, 6.45) is 3.86. The van der Waals surface area contributed by atoms with Crippen LogP contribution in [0, 0.1) is 0 Å². The average Bonchev–Trinajstić information content (AvgIpc) is 2.91.